The molecule has 1 aliphatic heterocycles. The van der Waals surface area contributed by atoms with Gasteiger partial charge in [-0.3, -0.25) is 4.79 Å². The number of nitrogens with zero attached hydrogens (tertiary/aromatic N) is 3. The molecule has 0 saturated carbocycles. The Morgan fingerprint density at radius 1 is 1.12 bits per heavy atom. The molecule has 0 radical (unpaired) electrons. The fourth-order valence-corrected chi connectivity index (χ4v) is 5.81. The number of carbonyl (C=O) groups is 1. The molecule has 1 aromatic heterocycles. The predicted molar refractivity (Wildman–Crippen MR) is 124 cm³/mol. The molecule has 4 rings (SSSR count). The summed E-state index contributed by atoms with van der Waals surface area (Å²) in [7, 11) is -3.71. The van der Waals surface area contributed by atoms with Gasteiger partial charge in [-0.1, -0.05) is 47.1 Å². The Balaban J connectivity index is 1.41. The summed E-state index contributed by atoms with van der Waals surface area (Å²) in [6.07, 6.45) is 0.976. The van der Waals surface area contributed by atoms with Crippen LogP contribution < -0.4 is 5.32 Å². The molecule has 0 spiro atoms. The van der Waals surface area contributed by atoms with Gasteiger partial charge in [-0.25, -0.2) is 8.42 Å². The monoisotopic (exact) mass is 468 g/mol. The van der Waals surface area contributed by atoms with Gasteiger partial charge >= 0.3 is 0 Å². The second kappa shape index (κ2) is 9.44. The van der Waals surface area contributed by atoms with E-state index in [1.807, 2.05) is 31.2 Å². The van der Waals surface area contributed by atoms with E-state index in [1.165, 1.54) is 4.31 Å². The van der Waals surface area contributed by atoms with E-state index < -0.39 is 10.0 Å². The van der Waals surface area contributed by atoms with Gasteiger partial charge in [0, 0.05) is 38.0 Å². The molecule has 0 unspecified atom stereocenters. The van der Waals surface area contributed by atoms with Crippen LogP contribution in [0.2, 0.25) is 0 Å². The van der Waals surface area contributed by atoms with Gasteiger partial charge in [-0.2, -0.15) is 9.29 Å². The number of aromatic nitrogens is 2. The van der Waals surface area contributed by atoms with E-state index >= 15 is 0 Å². The molecule has 1 saturated heterocycles. The maximum atomic E-state index is 13.4. The summed E-state index contributed by atoms with van der Waals surface area (Å²) in [4.78, 5) is 17.1. The third kappa shape index (κ3) is 5.15. The first kappa shape index (κ1) is 23.1. The highest BCUT2D eigenvalue weighted by molar-refractivity contribution is 7.89. The molecule has 1 N–H and O–H groups in total. The summed E-state index contributed by atoms with van der Waals surface area (Å²) in [5, 5.41) is 6.87. The van der Waals surface area contributed by atoms with E-state index in [0.29, 0.717) is 55.3 Å². The lowest BCUT2D eigenvalue weighted by molar-refractivity contribution is -0.126. The molecule has 2 heterocycles. The zero-order valence-corrected chi connectivity index (χ0v) is 19.9. The molecule has 1 amide bonds. The molecule has 1 aliphatic rings. The Kier molecular flexibility index (Phi) is 6.62. The largest absolute Gasteiger partial charge is 0.352 e. The van der Waals surface area contributed by atoms with E-state index in [-0.39, 0.29) is 16.7 Å². The normalized spacial score (nSPS) is 15.5. The first-order valence-corrected chi connectivity index (χ1v) is 12.4. The second-order valence-electron chi connectivity index (χ2n) is 8.50. The standard InChI is InChI=1S/C24H28N4O4S/c1-16-5-4-6-19(13-16)15-25-24(29)20-9-11-28(12-10-20)33(30,31)22-14-21(8-7-17(22)2)23-26-18(3)32-27-23/h4-8,13-14,20H,9-12,15H2,1-3H3,(H,25,29). The Morgan fingerprint density at radius 2 is 1.88 bits per heavy atom. The number of sulfonamides is 1. The lowest BCUT2D eigenvalue weighted by atomic mass is 9.97. The van der Waals surface area contributed by atoms with E-state index in [9.17, 15) is 13.2 Å². The highest BCUT2D eigenvalue weighted by Crippen LogP contribution is 2.29. The Labute approximate surface area is 194 Å². The van der Waals surface area contributed by atoms with Crippen molar-refractivity contribution in [2.75, 3.05) is 13.1 Å². The molecule has 2 aromatic carbocycles. The number of piperidine rings is 1. The predicted octanol–water partition coefficient (Wildman–Crippen LogP) is 3.38. The zero-order valence-electron chi connectivity index (χ0n) is 19.0. The maximum absolute atomic E-state index is 13.4. The van der Waals surface area contributed by atoms with Crippen molar-refractivity contribution in [2.24, 2.45) is 5.92 Å². The zero-order chi connectivity index (χ0) is 23.6. The van der Waals surface area contributed by atoms with Crippen LogP contribution in [-0.2, 0) is 21.4 Å². The van der Waals surface area contributed by atoms with Crippen molar-refractivity contribution in [3.63, 3.8) is 0 Å². The highest BCUT2D eigenvalue weighted by Gasteiger charge is 2.33. The van der Waals surface area contributed by atoms with Gasteiger partial charge in [0.25, 0.3) is 0 Å². The van der Waals surface area contributed by atoms with Crippen molar-refractivity contribution < 1.29 is 17.7 Å². The Hall–Kier alpha value is -3.04. The number of amides is 1. The quantitative estimate of drug-likeness (QED) is 0.595. The van der Waals surface area contributed by atoms with Crippen molar-refractivity contribution in [1.29, 1.82) is 0 Å². The number of hydrogen-bond acceptors (Lipinski definition) is 6. The van der Waals surface area contributed by atoms with Crippen LogP contribution in [0.3, 0.4) is 0 Å². The summed E-state index contributed by atoms with van der Waals surface area (Å²) in [5.74, 6) is 0.542. The molecule has 3 aromatic rings. The summed E-state index contributed by atoms with van der Waals surface area (Å²) in [6, 6.07) is 13.1. The van der Waals surface area contributed by atoms with E-state index in [2.05, 4.69) is 15.5 Å². The van der Waals surface area contributed by atoms with Crippen LogP contribution in [0.25, 0.3) is 11.4 Å². The third-order valence-corrected chi connectivity index (χ3v) is 8.01. The number of nitrogens with one attached hydrogen (secondary N) is 1. The lowest BCUT2D eigenvalue weighted by Crippen LogP contribution is -2.43. The Morgan fingerprint density at radius 3 is 2.55 bits per heavy atom. The molecule has 8 nitrogen and oxygen atoms in total. The van der Waals surface area contributed by atoms with Crippen molar-refractivity contribution in [3.8, 4) is 11.4 Å². The molecular formula is C24H28N4O4S. The van der Waals surface area contributed by atoms with Gasteiger partial charge in [0.1, 0.15) is 0 Å². The molecule has 0 atom stereocenters. The number of aryl methyl sites for hydroxylation is 3. The van der Waals surface area contributed by atoms with E-state index in [1.54, 1.807) is 32.0 Å². The number of carbonyl (C=O) groups excluding carboxylic acids is 1. The summed E-state index contributed by atoms with van der Waals surface area (Å²) >= 11 is 0. The lowest BCUT2D eigenvalue weighted by Gasteiger charge is -2.31. The smallest absolute Gasteiger partial charge is 0.243 e. The topological polar surface area (TPSA) is 105 Å². The molecule has 0 bridgehead atoms. The third-order valence-electron chi connectivity index (χ3n) is 5.97. The van der Waals surface area contributed by atoms with Gasteiger partial charge in [0.05, 0.1) is 4.90 Å². The summed E-state index contributed by atoms with van der Waals surface area (Å²) in [5.41, 5.74) is 3.43. The van der Waals surface area contributed by atoms with Crippen LogP contribution in [0, 0.1) is 26.7 Å². The maximum Gasteiger partial charge on any atom is 0.243 e. The molecule has 9 heteroatoms. The Bertz CT molecular complexity index is 1260. The van der Waals surface area contributed by atoms with Crippen LogP contribution in [-0.4, -0.2) is 41.9 Å². The first-order valence-electron chi connectivity index (χ1n) is 11.0. The molecule has 1 fully saturated rings. The number of benzene rings is 2. The van der Waals surface area contributed by atoms with E-state index in [0.717, 1.165) is 11.1 Å². The second-order valence-corrected chi connectivity index (χ2v) is 10.4. The number of hydrogen-bond donors (Lipinski definition) is 1. The van der Waals surface area contributed by atoms with Crippen molar-refractivity contribution in [2.45, 2.75) is 45.1 Å². The molecule has 174 valence electrons. The van der Waals surface area contributed by atoms with Crippen LogP contribution >= 0.6 is 0 Å². The van der Waals surface area contributed by atoms with Gasteiger partial charge in [0.2, 0.25) is 27.6 Å². The van der Waals surface area contributed by atoms with Crippen LogP contribution in [0.5, 0.6) is 0 Å². The fraction of sp³-hybridized carbons (Fsp3) is 0.375. The minimum atomic E-state index is -3.71. The van der Waals surface area contributed by atoms with E-state index in [4.69, 9.17) is 4.52 Å². The van der Waals surface area contributed by atoms with Crippen molar-refractivity contribution in [1.82, 2.24) is 19.8 Å². The molecule has 33 heavy (non-hydrogen) atoms. The number of rotatable bonds is 6. The van der Waals surface area contributed by atoms with Crippen LogP contribution in [0.15, 0.2) is 51.9 Å². The first-order chi connectivity index (χ1) is 15.7. The fourth-order valence-electron chi connectivity index (χ4n) is 4.09. The van der Waals surface area contributed by atoms with Gasteiger partial charge in [0.15, 0.2) is 0 Å². The summed E-state index contributed by atoms with van der Waals surface area (Å²) in [6.45, 7) is 6.54. The van der Waals surface area contributed by atoms with Crippen LogP contribution in [0.1, 0.15) is 35.4 Å². The van der Waals surface area contributed by atoms with Crippen molar-refractivity contribution in [3.05, 3.63) is 65.0 Å². The summed E-state index contributed by atoms with van der Waals surface area (Å²) < 4.78 is 33.2. The average molecular weight is 469 g/mol. The van der Waals surface area contributed by atoms with Crippen molar-refractivity contribution >= 4 is 15.9 Å². The minimum Gasteiger partial charge on any atom is -0.352 e. The molecular weight excluding hydrogens is 440 g/mol. The highest BCUT2D eigenvalue weighted by atomic mass is 32.2. The molecule has 0 aliphatic carbocycles. The van der Waals surface area contributed by atoms with Gasteiger partial charge < -0.3 is 9.84 Å². The minimum absolute atomic E-state index is 0.0285. The SMILES string of the molecule is Cc1cccc(CNC(=O)C2CCN(S(=O)(=O)c3cc(-c4noc(C)n4)ccc3C)CC2)c1. The van der Waals surface area contributed by atoms with Gasteiger partial charge in [-0.05, 0) is 43.9 Å². The van der Waals surface area contributed by atoms with Crippen LogP contribution in [0.4, 0.5) is 0 Å². The average Bonchev–Trinajstić information content (AvgIpc) is 3.24. The van der Waals surface area contributed by atoms with Gasteiger partial charge in [-0.15, -0.1) is 0 Å².